The molecule has 0 spiro atoms. The molecular formula is C28H41N7O3S. The number of hydrogen-bond donors (Lipinski definition) is 2. The predicted molar refractivity (Wildman–Crippen MR) is 155 cm³/mol. The number of aromatic nitrogens is 4. The molecule has 1 aromatic carbocycles. The maximum atomic E-state index is 12.9. The molecule has 3 heterocycles. The van der Waals surface area contributed by atoms with Gasteiger partial charge in [-0.05, 0) is 104 Å². The van der Waals surface area contributed by atoms with Gasteiger partial charge in [-0.25, -0.2) is 13.4 Å². The molecule has 0 atom stereocenters. The zero-order chi connectivity index (χ0) is 28.5. The fourth-order valence-corrected chi connectivity index (χ4v) is 5.88. The van der Waals surface area contributed by atoms with Crippen LogP contribution in [0.3, 0.4) is 0 Å². The van der Waals surface area contributed by atoms with Gasteiger partial charge in [-0.15, -0.1) is 0 Å². The summed E-state index contributed by atoms with van der Waals surface area (Å²) in [5.74, 6) is 2.14. The molecular weight excluding hydrogens is 514 g/mol. The minimum absolute atomic E-state index is 0.000242. The number of hydrogen-bond acceptors (Lipinski definition) is 9. The monoisotopic (exact) mass is 555 g/mol. The zero-order valence-electron chi connectivity index (χ0n) is 24.2. The van der Waals surface area contributed by atoms with E-state index in [9.17, 15) is 8.42 Å². The van der Waals surface area contributed by atoms with Crippen molar-refractivity contribution in [2.24, 2.45) is 7.05 Å². The lowest BCUT2D eigenvalue weighted by molar-refractivity contribution is 0.241. The van der Waals surface area contributed by atoms with E-state index in [1.807, 2.05) is 20.8 Å². The molecule has 11 heteroatoms. The molecule has 0 radical (unpaired) electrons. The summed E-state index contributed by atoms with van der Waals surface area (Å²) in [7, 11) is 0.276. The van der Waals surface area contributed by atoms with Crippen molar-refractivity contribution in [2.45, 2.75) is 76.7 Å². The summed E-state index contributed by atoms with van der Waals surface area (Å²) in [6.45, 7) is 13.5. The largest absolute Gasteiger partial charge is 0.489 e. The van der Waals surface area contributed by atoms with Crippen molar-refractivity contribution < 1.29 is 13.2 Å². The van der Waals surface area contributed by atoms with Crippen LogP contribution in [-0.4, -0.2) is 64.6 Å². The number of aryl methyl sites for hydroxylation is 3. The number of ether oxygens (including phenoxy) is 1. The summed E-state index contributed by atoms with van der Waals surface area (Å²) in [6, 6.07) is 4.27. The van der Waals surface area contributed by atoms with E-state index in [4.69, 9.17) is 4.74 Å². The smallest absolute Gasteiger partial charge is 0.229 e. The van der Waals surface area contributed by atoms with E-state index in [1.165, 1.54) is 15.8 Å². The van der Waals surface area contributed by atoms with Gasteiger partial charge in [0.15, 0.2) is 0 Å². The molecule has 0 aliphatic carbocycles. The first-order chi connectivity index (χ1) is 18.3. The lowest BCUT2D eigenvalue weighted by Crippen LogP contribution is -2.29. The average molecular weight is 556 g/mol. The standard InChI is InChI=1S/C28H41N7O3S/c1-17(2)38-25-14-22(21-9-11-34(7)12-10-21)19(5)13-23(25)31-28-29-15-20(6)26(32-28)30-24-16-35(8)33-27(24)39(36,37)18(3)4/h13-18,21H,9-12H2,1-8H3,(H2,29,30,31,32). The van der Waals surface area contributed by atoms with Crippen LogP contribution in [-0.2, 0) is 16.9 Å². The number of rotatable bonds is 9. The molecule has 0 amide bonds. The first-order valence-corrected chi connectivity index (χ1v) is 15.0. The van der Waals surface area contributed by atoms with Crippen molar-refractivity contribution in [3.8, 4) is 5.75 Å². The van der Waals surface area contributed by atoms with Gasteiger partial charge in [-0.1, -0.05) is 0 Å². The van der Waals surface area contributed by atoms with E-state index < -0.39 is 15.1 Å². The third-order valence-electron chi connectivity index (χ3n) is 7.05. The van der Waals surface area contributed by atoms with Crippen LogP contribution in [0.4, 0.5) is 23.1 Å². The number of likely N-dealkylation sites (tertiary alicyclic amines) is 1. The summed E-state index contributed by atoms with van der Waals surface area (Å²) in [5.41, 5.74) is 4.46. The van der Waals surface area contributed by atoms with Crippen LogP contribution >= 0.6 is 0 Å². The van der Waals surface area contributed by atoms with Crippen molar-refractivity contribution in [2.75, 3.05) is 30.8 Å². The molecule has 2 aromatic heterocycles. The maximum absolute atomic E-state index is 12.9. The van der Waals surface area contributed by atoms with Crippen LogP contribution < -0.4 is 15.4 Å². The quantitative estimate of drug-likeness (QED) is 0.372. The Labute approximate surface area is 232 Å². The van der Waals surface area contributed by atoms with Crippen LogP contribution in [0.5, 0.6) is 5.75 Å². The normalized spacial score (nSPS) is 15.2. The molecule has 1 aliphatic heterocycles. The predicted octanol–water partition coefficient (Wildman–Crippen LogP) is 5.09. The molecule has 1 fully saturated rings. The lowest BCUT2D eigenvalue weighted by Gasteiger charge is -2.30. The molecule has 212 valence electrons. The van der Waals surface area contributed by atoms with Gasteiger partial charge in [0.2, 0.25) is 20.8 Å². The van der Waals surface area contributed by atoms with Crippen molar-refractivity contribution in [1.29, 1.82) is 0 Å². The first-order valence-electron chi connectivity index (χ1n) is 13.5. The Kier molecular flexibility index (Phi) is 8.51. The minimum Gasteiger partial charge on any atom is -0.489 e. The molecule has 4 rings (SSSR count). The maximum Gasteiger partial charge on any atom is 0.229 e. The Morgan fingerprint density at radius 1 is 1.00 bits per heavy atom. The minimum atomic E-state index is -3.59. The van der Waals surface area contributed by atoms with Crippen LogP contribution in [0, 0.1) is 13.8 Å². The SMILES string of the molecule is Cc1cc(Nc2ncc(C)c(Nc3cn(C)nc3S(=O)(=O)C(C)C)n2)c(OC(C)C)cc1C1CCN(C)CC1. The number of nitrogens with one attached hydrogen (secondary N) is 2. The Morgan fingerprint density at radius 2 is 1.69 bits per heavy atom. The fraction of sp³-hybridized carbons (Fsp3) is 0.536. The van der Waals surface area contributed by atoms with Crippen molar-refractivity contribution in [3.05, 3.63) is 41.2 Å². The molecule has 3 aromatic rings. The van der Waals surface area contributed by atoms with E-state index >= 15 is 0 Å². The number of anilines is 4. The first kappa shape index (κ1) is 28.8. The van der Waals surface area contributed by atoms with Gasteiger partial charge in [0.25, 0.3) is 0 Å². The Morgan fingerprint density at radius 3 is 2.33 bits per heavy atom. The molecule has 10 nitrogen and oxygen atoms in total. The second-order valence-electron chi connectivity index (χ2n) is 11.0. The van der Waals surface area contributed by atoms with E-state index in [2.05, 4.69) is 56.7 Å². The topological polar surface area (TPSA) is 114 Å². The second-order valence-corrected chi connectivity index (χ2v) is 13.5. The van der Waals surface area contributed by atoms with E-state index in [1.54, 1.807) is 33.3 Å². The van der Waals surface area contributed by atoms with Crippen LogP contribution in [0.1, 0.15) is 63.1 Å². The molecule has 0 unspecified atom stereocenters. The van der Waals surface area contributed by atoms with E-state index in [-0.39, 0.29) is 11.1 Å². The van der Waals surface area contributed by atoms with Gasteiger partial charge in [-0.3, -0.25) is 4.68 Å². The Balaban J connectivity index is 1.65. The van der Waals surface area contributed by atoms with Gasteiger partial charge < -0.3 is 20.3 Å². The molecule has 0 bridgehead atoms. The number of nitrogens with zero attached hydrogens (tertiary/aromatic N) is 5. The van der Waals surface area contributed by atoms with Gasteiger partial charge in [-0.2, -0.15) is 10.1 Å². The van der Waals surface area contributed by atoms with Crippen LogP contribution in [0.2, 0.25) is 0 Å². The average Bonchev–Trinajstić information content (AvgIpc) is 3.23. The number of sulfone groups is 1. The summed E-state index contributed by atoms with van der Waals surface area (Å²) >= 11 is 0. The van der Waals surface area contributed by atoms with Gasteiger partial charge >= 0.3 is 0 Å². The number of benzene rings is 1. The summed E-state index contributed by atoms with van der Waals surface area (Å²) in [4.78, 5) is 11.5. The Bertz CT molecular complexity index is 1430. The van der Waals surface area contributed by atoms with E-state index in [0.29, 0.717) is 23.4 Å². The molecule has 2 N–H and O–H groups in total. The summed E-state index contributed by atoms with van der Waals surface area (Å²) < 4.78 is 33.5. The summed E-state index contributed by atoms with van der Waals surface area (Å²) in [6.07, 6.45) is 5.60. The second kappa shape index (κ2) is 11.5. The van der Waals surface area contributed by atoms with E-state index in [0.717, 1.165) is 42.9 Å². The highest BCUT2D eigenvalue weighted by molar-refractivity contribution is 7.92. The van der Waals surface area contributed by atoms with Crippen LogP contribution in [0.25, 0.3) is 0 Å². The fourth-order valence-electron chi connectivity index (χ4n) is 4.78. The molecule has 1 aliphatic rings. The zero-order valence-corrected chi connectivity index (χ0v) is 25.1. The van der Waals surface area contributed by atoms with Crippen molar-refractivity contribution in [3.63, 3.8) is 0 Å². The van der Waals surface area contributed by atoms with Gasteiger partial charge in [0.05, 0.1) is 22.7 Å². The molecule has 39 heavy (non-hydrogen) atoms. The highest BCUT2D eigenvalue weighted by Gasteiger charge is 2.27. The van der Waals surface area contributed by atoms with Gasteiger partial charge in [0, 0.05) is 25.0 Å². The van der Waals surface area contributed by atoms with Crippen molar-refractivity contribution >= 4 is 33.0 Å². The third kappa shape index (κ3) is 6.52. The molecule has 1 saturated heterocycles. The van der Waals surface area contributed by atoms with Crippen LogP contribution in [0.15, 0.2) is 29.6 Å². The highest BCUT2D eigenvalue weighted by atomic mass is 32.2. The summed E-state index contributed by atoms with van der Waals surface area (Å²) in [5, 5.41) is 10.1. The van der Waals surface area contributed by atoms with Crippen molar-refractivity contribution in [1.82, 2.24) is 24.6 Å². The number of piperidine rings is 1. The third-order valence-corrected chi connectivity index (χ3v) is 9.13. The lowest BCUT2D eigenvalue weighted by atomic mass is 9.86. The van der Waals surface area contributed by atoms with Gasteiger partial charge in [0.1, 0.15) is 11.6 Å². The molecule has 0 saturated carbocycles. The Hall–Kier alpha value is -3.18. The highest BCUT2D eigenvalue weighted by Crippen LogP contribution is 2.38.